The minimum absolute atomic E-state index is 0.0625. The molecule has 0 amide bonds. The van der Waals surface area contributed by atoms with Crippen LogP contribution in [0.25, 0.3) is 0 Å². The molecule has 7 heteroatoms. The van der Waals surface area contributed by atoms with Crippen molar-refractivity contribution in [3.63, 3.8) is 0 Å². The third kappa shape index (κ3) is 3.21. The molecular formula is C7H14NO5P. The van der Waals surface area contributed by atoms with Gasteiger partial charge in [-0.2, -0.15) is 0 Å². The first kappa shape index (κ1) is 13.3. The van der Waals surface area contributed by atoms with E-state index in [9.17, 15) is 14.7 Å². The summed E-state index contributed by atoms with van der Waals surface area (Å²) in [6.07, 6.45) is 0.679. The maximum atomic E-state index is 11.8. The number of hydrogen-bond acceptors (Lipinski definition) is 5. The summed E-state index contributed by atoms with van der Waals surface area (Å²) in [6.45, 7) is 3.36. The highest BCUT2D eigenvalue weighted by atomic mass is 31.2. The lowest BCUT2D eigenvalue weighted by molar-refractivity contribution is -0.403. The fourth-order valence-corrected chi connectivity index (χ4v) is 2.37. The van der Waals surface area contributed by atoms with Crippen LogP contribution in [0.1, 0.15) is 13.8 Å². The minimum atomic E-state index is -3.48. The molecule has 6 nitrogen and oxygen atoms in total. The molecular weight excluding hydrogens is 209 g/mol. The average molecular weight is 223 g/mol. The Bertz CT molecular complexity index is 278. The zero-order valence-electron chi connectivity index (χ0n) is 8.59. The van der Waals surface area contributed by atoms with E-state index in [4.69, 9.17) is 0 Å². The molecule has 0 aromatic carbocycles. The van der Waals surface area contributed by atoms with Crippen molar-refractivity contribution in [2.75, 3.05) is 14.2 Å². The second-order valence-electron chi connectivity index (χ2n) is 2.86. The second kappa shape index (κ2) is 5.24. The second-order valence-corrected chi connectivity index (χ2v) is 5.10. The smallest absolute Gasteiger partial charge is 0.309 e. The highest BCUT2D eigenvalue weighted by Crippen LogP contribution is 2.57. The van der Waals surface area contributed by atoms with Crippen LogP contribution in [0.4, 0.5) is 0 Å². The molecule has 0 heterocycles. The first-order valence-electron chi connectivity index (χ1n) is 3.94. The molecule has 0 aliphatic carbocycles. The highest BCUT2D eigenvalue weighted by Gasteiger charge is 2.32. The van der Waals surface area contributed by atoms with E-state index in [1.165, 1.54) is 14.2 Å². The summed E-state index contributed by atoms with van der Waals surface area (Å²) in [5.74, 6) is -0.272. The molecule has 0 saturated heterocycles. The molecule has 0 radical (unpaired) electrons. The maximum Gasteiger partial charge on any atom is 0.363 e. The van der Waals surface area contributed by atoms with E-state index < -0.39 is 12.5 Å². The molecule has 0 unspecified atom stereocenters. The Kier molecular flexibility index (Phi) is 4.97. The summed E-state index contributed by atoms with van der Waals surface area (Å²) >= 11 is 0. The quantitative estimate of drug-likeness (QED) is 0.405. The monoisotopic (exact) mass is 223 g/mol. The Hall–Kier alpha value is -0.710. The fraction of sp³-hybridized carbons (Fsp3) is 0.714. The Morgan fingerprint density at radius 2 is 1.86 bits per heavy atom. The van der Waals surface area contributed by atoms with Gasteiger partial charge in [0, 0.05) is 14.2 Å². The highest BCUT2D eigenvalue weighted by molar-refractivity contribution is 7.58. The zero-order valence-corrected chi connectivity index (χ0v) is 9.48. The summed E-state index contributed by atoms with van der Waals surface area (Å²) < 4.78 is 21.2. The van der Waals surface area contributed by atoms with E-state index in [0.29, 0.717) is 6.20 Å². The number of nitro groups is 1. The molecule has 14 heavy (non-hydrogen) atoms. The number of hydrogen-bond donors (Lipinski definition) is 0. The normalized spacial score (nSPS) is 13.4. The summed E-state index contributed by atoms with van der Waals surface area (Å²) in [5.41, 5.74) is 0. The molecule has 0 spiro atoms. The van der Waals surface area contributed by atoms with Crippen LogP contribution in [0.15, 0.2) is 11.5 Å². The van der Waals surface area contributed by atoms with Gasteiger partial charge in [-0.05, 0) is 5.92 Å². The van der Waals surface area contributed by atoms with Crippen molar-refractivity contribution in [2.24, 2.45) is 5.92 Å². The van der Waals surface area contributed by atoms with E-state index in [0.717, 1.165) is 0 Å². The van der Waals surface area contributed by atoms with Crippen LogP contribution in [0.3, 0.4) is 0 Å². The molecule has 0 N–H and O–H groups in total. The van der Waals surface area contributed by atoms with Crippen molar-refractivity contribution in [1.82, 2.24) is 0 Å². The van der Waals surface area contributed by atoms with Crippen LogP contribution in [0, 0.1) is 16.0 Å². The Labute approximate surface area is 82.6 Å². The van der Waals surface area contributed by atoms with Gasteiger partial charge in [0.1, 0.15) is 5.31 Å². The van der Waals surface area contributed by atoms with Gasteiger partial charge in [0.15, 0.2) is 0 Å². The van der Waals surface area contributed by atoms with Gasteiger partial charge in [-0.15, -0.1) is 0 Å². The summed E-state index contributed by atoms with van der Waals surface area (Å²) in [5, 5.41) is 10.4. The van der Waals surface area contributed by atoms with Gasteiger partial charge in [-0.1, -0.05) is 13.8 Å². The molecule has 0 fully saturated rings. The van der Waals surface area contributed by atoms with Gasteiger partial charge in [-0.25, -0.2) is 0 Å². The molecule has 0 bridgehead atoms. The lowest BCUT2D eigenvalue weighted by Crippen LogP contribution is -2.02. The van der Waals surface area contributed by atoms with Crippen molar-refractivity contribution in [3.05, 3.63) is 21.6 Å². The van der Waals surface area contributed by atoms with E-state index in [-0.39, 0.29) is 11.2 Å². The van der Waals surface area contributed by atoms with Crippen molar-refractivity contribution < 1.29 is 18.5 Å². The van der Waals surface area contributed by atoms with Crippen molar-refractivity contribution in [1.29, 1.82) is 0 Å². The predicted octanol–water partition coefficient (Wildman–Crippen LogP) is 2.25. The average Bonchev–Trinajstić information content (AvgIpc) is 2.12. The first-order chi connectivity index (χ1) is 6.37. The lowest BCUT2D eigenvalue weighted by Gasteiger charge is -2.17. The predicted molar refractivity (Wildman–Crippen MR) is 51.5 cm³/mol. The van der Waals surface area contributed by atoms with E-state index in [2.05, 4.69) is 9.05 Å². The fourth-order valence-electron chi connectivity index (χ4n) is 0.929. The number of nitrogens with zero attached hydrogens (tertiary/aromatic N) is 1. The summed E-state index contributed by atoms with van der Waals surface area (Å²) in [7, 11) is -1.09. The van der Waals surface area contributed by atoms with E-state index in [1.54, 1.807) is 13.8 Å². The van der Waals surface area contributed by atoms with Crippen LogP contribution < -0.4 is 0 Å². The Balaban J connectivity index is 5.21. The number of allylic oxidation sites excluding steroid dienone is 1. The van der Waals surface area contributed by atoms with Gasteiger partial charge in [-0.3, -0.25) is 14.7 Å². The SMILES string of the molecule is COP(=O)(OC)/C(=C/[N+](=O)[O-])C(C)C. The van der Waals surface area contributed by atoms with Crippen molar-refractivity contribution in [2.45, 2.75) is 13.8 Å². The van der Waals surface area contributed by atoms with Crippen LogP contribution >= 0.6 is 7.60 Å². The van der Waals surface area contributed by atoms with Crippen LogP contribution in [0.2, 0.25) is 0 Å². The van der Waals surface area contributed by atoms with Crippen molar-refractivity contribution in [3.8, 4) is 0 Å². The third-order valence-electron chi connectivity index (χ3n) is 1.63. The minimum Gasteiger partial charge on any atom is -0.309 e. The standard InChI is InChI=1S/C7H14NO5P/c1-6(2)7(5-8(9)10)14(11,12-3)13-4/h5-6H,1-4H3/b7-5+. The van der Waals surface area contributed by atoms with Crippen LogP contribution in [-0.4, -0.2) is 19.1 Å². The molecule has 82 valence electrons. The Morgan fingerprint density at radius 1 is 1.43 bits per heavy atom. The Morgan fingerprint density at radius 3 is 2.07 bits per heavy atom. The summed E-state index contributed by atoms with van der Waals surface area (Å²) in [4.78, 5) is 9.62. The number of rotatable bonds is 5. The van der Waals surface area contributed by atoms with Gasteiger partial charge in [0.2, 0.25) is 6.20 Å². The van der Waals surface area contributed by atoms with E-state index >= 15 is 0 Å². The largest absolute Gasteiger partial charge is 0.363 e. The van der Waals surface area contributed by atoms with E-state index in [1.807, 2.05) is 0 Å². The van der Waals surface area contributed by atoms with Crippen LogP contribution in [0.5, 0.6) is 0 Å². The topological polar surface area (TPSA) is 78.7 Å². The third-order valence-corrected chi connectivity index (χ3v) is 3.85. The molecule has 0 aromatic rings. The molecule has 0 aliphatic rings. The molecule has 0 rings (SSSR count). The van der Waals surface area contributed by atoms with Crippen LogP contribution in [-0.2, 0) is 13.6 Å². The summed E-state index contributed by atoms with van der Waals surface area (Å²) in [6, 6.07) is 0. The maximum absolute atomic E-state index is 11.8. The molecule has 0 saturated carbocycles. The zero-order chi connectivity index (χ0) is 11.4. The van der Waals surface area contributed by atoms with Gasteiger partial charge < -0.3 is 9.05 Å². The van der Waals surface area contributed by atoms with Crippen molar-refractivity contribution >= 4 is 7.60 Å². The first-order valence-corrected chi connectivity index (χ1v) is 5.49. The van der Waals surface area contributed by atoms with Gasteiger partial charge >= 0.3 is 7.60 Å². The molecule has 0 aliphatic heterocycles. The lowest BCUT2D eigenvalue weighted by atomic mass is 10.2. The molecule has 0 aromatic heterocycles. The van der Waals surface area contributed by atoms with Gasteiger partial charge in [0.25, 0.3) is 0 Å². The molecule has 0 atom stereocenters. The van der Waals surface area contributed by atoms with Gasteiger partial charge in [0.05, 0.1) is 4.92 Å².